The van der Waals surface area contributed by atoms with E-state index >= 15 is 0 Å². The number of hydrogen-bond acceptors (Lipinski definition) is 7. The van der Waals surface area contributed by atoms with Gasteiger partial charge in [-0.15, -0.1) is 5.10 Å². The summed E-state index contributed by atoms with van der Waals surface area (Å²) in [4.78, 5) is 18.5. The first kappa shape index (κ1) is 22.0. The van der Waals surface area contributed by atoms with Crippen LogP contribution in [0.4, 0.5) is 22.0 Å². The molecule has 4 heterocycles. The number of aromatic nitrogens is 5. The van der Waals surface area contributed by atoms with Gasteiger partial charge in [0.05, 0.1) is 17.6 Å². The van der Waals surface area contributed by atoms with Crippen LogP contribution in [0.15, 0.2) is 79.0 Å². The number of hydrogen-bond donors (Lipinski definition) is 1. The summed E-state index contributed by atoms with van der Waals surface area (Å²) >= 11 is 0. The highest BCUT2D eigenvalue weighted by Gasteiger charge is 2.24. The largest absolute Gasteiger partial charge is 0.383 e. The summed E-state index contributed by atoms with van der Waals surface area (Å²) in [6.07, 6.45) is 1.81. The number of fused-ring (bicyclic) bond motifs is 1. The Morgan fingerprint density at radius 2 is 1.61 bits per heavy atom. The minimum absolute atomic E-state index is 0.333. The molecule has 36 heavy (non-hydrogen) atoms. The quantitative estimate of drug-likeness (QED) is 0.407. The first-order valence-electron chi connectivity index (χ1n) is 11.9. The molecular weight excluding hydrogens is 455 g/mol. The molecule has 6 rings (SSSR count). The molecule has 0 saturated carbocycles. The third-order valence-corrected chi connectivity index (χ3v) is 6.44. The smallest absolute Gasteiger partial charge is 0.228 e. The molecule has 0 aliphatic carbocycles. The van der Waals surface area contributed by atoms with Crippen LogP contribution in [0.1, 0.15) is 5.56 Å². The molecule has 0 radical (unpaired) electrons. The van der Waals surface area contributed by atoms with Gasteiger partial charge in [-0.05, 0) is 29.8 Å². The first-order valence-corrected chi connectivity index (χ1v) is 11.9. The number of anilines is 3. The van der Waals surface area contributed by atoms with Gasteiger partial charge in [0.1, 0.15) is 17.5 Å². The van der Waals surface area contributed by atoms with E-state index in [0.717, 1.165) is 37.6 Å². The van der Waals surface area contributed by atoms with Gasteiger partial charge in [0, 0.05) is 37.9 Å². The van der Waals surface area contributed by atoms with Crippen molar-refractivity contribution in [1.29, 1.82) is 0 Å². The number of nitrogen functional groups attached to an aromatic ring is 1. The second kappa shape index (κ2) is 9.26. The lowest BCUT2D eigenvalue weighted by atomic mass is 10.1. The number of nitrogens with two attached hydrogens (primary N) is 1. The summed E-state index contributed by atoms with van der Waals surface area (Å²) in [5.74, 6) is 1.65. The Kier molecular flexibility index (Phi) is 5.65. The number of nitrogens with zero attached hydrogens (tertiary/aromatic N) is 7. The lowest BCUT2D eigenvalue weighted by Gasteiger charge is -2.35. The maximum atomic E-state index is 14.2. The predicted octanol–water partition coefficient (Wildman–Crippen LogP) is 3.98. The molecule has 5 aromatic rings. The average molecular weight is 481 g/mol. The molecule has 2 aromatic carbocycles. The van der Waals surface area contributed by atoms with Crippen LogP contribution in [0.25, 0.3) is 22.3 Å². The zero-order valence-electron chi connectivity index (χ0n) is 19.6. The molecule has 180 valence electrons. The van der Waals surface area contributed by atoms with Gasteiger partial charge >= 0.3 is 0 Å². The summed E-state index contributed by atoms with van der Waals surface area (Å²) in [5.41, 5.74) is 9.37. The van der Waals surface area contributed by atoms with Crippen LogP contribution in [-0.4, -0.2) is 50.9 Å². The van der Waals surface area contributed by atoms with Crippen molar-refractivity contribution in [2.24, 2.45) is 0 Å². The average Bonchev–Trinajstić information content (AvgIpc) is 3.24. The summed E-state index contributed by atoms with van der Waals surface area (Å²) in [6, 6.07) is 22.3. The third kappa shape index (κ3) is 4.19. The molecule has 1 aliphatic heterocycles. The second-order valence-electron chi connectivity index (χ2n) is 8.77. The Bertz CT molecular complexity index is 1500. The van der Waals surface area contributed by atoms with Gasteiger partial charge < -0.3 is 15.5 Å². The standard InChI is InChI=1S/C27H25FN8/c28-21-10-6-9-20(17-21)24-23-25(29)36(18-19-7-2-1-3-8-19)33-26(23)32-27(31-24)35-15-13-34(14-16-35)22-11-4-5-12-30-22/h1-12,17H,13-16,18,29H2. The molecule has 2 N–H and O–H groups in total. The van der Waals surface area contributed by atoms with E-state index in [-0.39, 0.29) is 5.82 Å². The van der Waals surface area contributed by atoms with Crippen molar-refractivity contribution < 1.29 is 4.39 Å². The Balaban J connectivity index is 1.39. The van der Waals surface area contributed by atoms with Gasteiger partial charge in [-0.2, -0.15) is 4.98 Å². The molecule has 0 spiro atoms. The lowest BCUT2D eigenvalue weighted by molar-refractivity contribution is 0.628. The molecule has 1 fully saturated rings. The second-order valence-corrected chi connectivity index (χ2v) is 8.77. The van der Waals surface area contributed by atoms with Gasteiger partial charge in [-0.25, -0.2) is 19.0 Å². The van der Waals surface area contributed by atoms with E-state index in [0.29, 0.717) is 40.6 Å². The van der Waals surface area contributed by atoms with Crippen molar-refractivity contribution in [2.45, 2.75) is 6.54 Å². The highest BCUT2D eigenvalue weighted by molar-refractivity contribution is 5.99. The monoisotopic (exact) mass is 480 g/mol. The van der Waals surface area contributed by atoms with Gasteiger partial charge in [0.2, 0.25) is 5.95 Å². The maximum Gasteiger partial charge on any atom is 0.228 e. The fourth-order valence-electron chi connectivity index (χ4n) is 4.58. The molecule has 8 nitrogen and oxygen atoms in total. The SMILES string of the molecule is Nc1c2c(-c3cccc(F)c3)nc(N3CCN(c4ccccn4)CC3)nc2nn1Cc1ccccc1. The number of pyridine rings is 1. The van der Waals surface area contributed by atoms with Crippen molar-refractivity contribution in [3.63, 3.8) is 0 Å². The van der Waals surface area contributed by atoms with E-state index in [1.54, 1.807) is 16.9 Å². The van der Waals surface area contributed by atoms with Crippen molar-refractivity contribution in [2.75, 3.05) is 41.7 Å². The van der Waals surface area contributed by atoms with Crippen LogP contribution < -0.4 is 15.5 Å². The summed E-state index contributed by atoms with van der Waals surface area (Å²) in [7, 11) is 0. The lowest BCUT2D eigenvalue weighted by Crippen LogP contribution is -2.47. The molecule has 1 aliphatic rings. The van der Waals surface area contributed by atoms with Crippen LogP contribution >= 0.6 is 0 Å². The zero-order chi connectivity index (χ0) is 24.5. The Labute approximate surface area is 207 Å². The predicted molar refractivity (Wildman–Crippen MR) is 139 cm³/mol. The van der Waals surface area contributed by atoms with Crippen molar-refractivity contribution in [3.8, 4) is 11.3 Å². The molecule has 0 bridgehead atoms. The minimum Gasteiger partial charge on any atom is -0.383 e. The molecule has 0 unspecified atom stereocenters. The summed E-state index contributed by atoms with van der Waals surface area (Å²) < 4.78 is 15.9. The molecular formula is C27H25FN8. The first-order chi connectivity index (χ1) is 17.7. The minimum atomic E-state index is -0.333. The van der Waals surface area contributed by atoms with Gasteiger partial charge in [-0.1, -0.05) is 48.5 Å². The van der Waals surface area contributed by atoms with E-state index in [9.17, 15) is 4.39 Å². The van der Waals surface area contributed by atoms with Crippen molar-refractivity contribution in [3.05, 3.63) is 90.4 Å². The van der Waals surface area contributed by atoms with E-state index in [1.807, 2.05) is 54.6 Å². The fourth-order valence-corrected chi connectivity index (χ4v) is 4.58. The van der Waals surface area contributed by atoms with Crippen LogP contribution in [-0.2, 0) is 6.54 Å². The van der Waals surface area contributed by atoms with Gasteiger partial charge in [0.15, 0.2) is 5.65 Å². The number of halogens is 1. The van der Waals surface area contributed by atoms with Crippen LogP contribution in [0.2, 0.25) is 0 Å². The maximum absolute atomic E-state index is 14.2. The van der Waals surface area contributed by atoms with E-state index in [2.05, 4.69) is 14.8 Å². The highest BCUT2D eigenvalue weighted by Crippen LogP contribution is 2.33. The van der Waals surface area contributed by atoms with Crippen LogP contribution in [0.5, 0.6) is 0 Å². The summed E-state index contributed by atoms with van der Waals surface area (Å²) in [5, 5.41) is 5.37. The zero-order valence-corrected chi connectivity index (χ0v) is 19.6. The van der Waals surface area contributed by atoms with E-state index < -0.39 is 0 Å². The third-order valence-electron chi connectivity index (χ3n) is 6.44. The number of piperazine rings is 1. The van der Waals surface area contributed by atoms with Crippen molar-refractivity contribution >= 4 is 28.6 Å². The molecule has 0 amide bonds. The van der Waals surface area contributed by atoms with E-state index in [4.69, 9.17) is 20.8 Å². The Hall–Kier alpha value is -4.53. The molecule has 3 aromatic heterocycles. The van der Waals surface area contributed by atoms with Crippen molar-refractivity contribution in [1.82, 2.24) is 24.7 Å². The Morgan fingerprint density at radius 1 is 0.833 bits per heavy atom. The van der Waals surface area contributed by atoms with Gasteiger partial charge in [-0.3, -0.25) is 0 Å². The Morgan fingerprint density at radius 3 is 2.36 bits per heavy atom. The summed E-state index contributed by atoms with van der Waals surface area (Å²) in [6.45, 7) is 3.54. The normalized spacial score (nSPS) is 13.9. The van der Waals surface area contributed by atoms with Crippen LogP contribution in [0, 0.1) is 5.82 Å². The highest BCUT2D eigenvalue weighted by atomic mass is 19.1. The molecule has 1 saturated heterocycles. The fraction of sp³-hybridized carbons (Fsp3) is 0.185. The number of benzene rings is 2. The number of rotatable bonds is 5. The van der Waals surface area contributed by atoms with Crippen LogP contribution in [0.3, 0.4) is 0 Å². The molecule has 0 atom stereocenters. The van der Waals surface area contributed by atoms with E-state index in [1.165, 1.54) is 12.1 Å². The topological polar surface area (TPSA) is 89.0 Å². The van der Waals surface area contributed by atoms with Gasteiger partial charge in [0.25, 0.3) is 0 Å². The molecule has 9 heteroatoms.